The lowest BCUT2D eigenvalue weighted by atomic mass is 10.0. The summed E-state index contributed by atoms with van der Waals surface area (Å²) in [5.74, 6) is 0. The molecule has 0 aliphatic carbocycles. The number of aryl methyl sites for hydroxylation is 2. The number of hydrogen-bond acceptors (Lipinski definition) is 3. The van der Waals surface area contributed by atoms with Crippen LogP contribution in [-0.4, -0.2) is 22.4 Å². The predicted octanol–water partition coefficient (Wildman–Crippen LogP) is 3.42. The van der Waals surface area contributed by atoms with Gasteiger partial charge in [-0.05, 0) is 55.7 Å². The molecule has 2 aromatic heterocycles. The lowest BCUT2D eigenvalue weighted by Gasteiger charge is -2.17. The number of rotatable bonds is 9. The van der Waals surface area contributed by atoms with Crippen molar-refractivity contribution in [1.82, 2.24) is 15.1 Å². The summed E-state index contributed by atoms with van der Waals surface area (Å²) in [5, 5.41) is 10.1. The van der Waals surface area contributed by atoms with E-state index in [1.165, 1.54) is 36.1 Å². The smallest absolute Gasteiger partial charge is 0.0522 e. The van der Waals surface area contributed by atoms with Crippen molar-refractivity contribution in [3.63, 3.8) is 0 Å². The first-order valence-corrected chi connectivity index (χ1v) is 8.39. The standard InChI is InChI=1S/C16H25N3S/c1-3-9-17-15(11-14-12-18-19(2)13-14)6-4-7-16-8-5-10-20-16/h5,8,10,12-13,15,17H,3-4,6-7,9,11H2,1-2H3. The van der Waals surface area contributed by atoms with Gasteiger partial charge in [0.2, 0.25) is 0 Å². The maximum absolute atomic E-state index is 4.26. The monoisotopic (exact) mass is 291 g/mol. The maximum atomic E-state index is 4.26. The van der Waals surface area contributed by atoms with E-state index < -0.39 is 0 Å². The summed E-state index contributed by atoms with van der Waals surface area (Å²) in [6.07, 6.45) is 10.1. The molecule has 0 saturated carbocycles. The largest absolute Gasteiger partial charge is 0.314 e. The van der Waals surface area contributed by atoms with Gasteiger partial charge in [0.25, 0.3) is 0 Å². The van der Waals surface area contributed by atoms with Crippen molar-refractivity contribution in [3.05, 3.63) is 40.3 Å². The van der Waals surface area contributed by atoms with Crippen LogP contribution in [0.2, 0.25) is 0 Å². The van der Waals surface area contributed by atoms with Crippen LogP contribution in [0, 0.1) is 0 Å². The second kappa shape index (κ2) is 8.22. The molecule has 1 unspecified atom stereocenters. The maximum Gasteiger partial charge on any atom is 0.0522 e. The number of nitrogens with zero attached hydrogens (tertiary/aromatic N) is 2. The van der Waals surface area contributed by atoms with Gasteiger partial charge in [-0.3, -0.25) is 4.68 Å². The Morgan fingerprint density at radius 3 is 3.00 bits per heavy atom. The van der Waals surface area contributed by atoms with Gasteiger partial charge in [0, 0.05) is 24.2 Å². The molecule has 0 aromatic carbocycles. The van der Waals surface area contributed by atoms with Gasteiger partial charge in [0.15, 0.2) is 0 Å². The van der Waals surface area contributed by atoms with E-state index >= 15 is 0 Å². The van der Waals surface area contributed by atoms with Crippen LogP contribution >= 0.6 is 11.3 Å². The van der Waals surface area contributed by atoms with E-state index in [0.29, 0.717) is 6.04 Å². The van der Waals surface area contributed by atoms with Gasteiger partial charge in [-0.2, -0.15) is 5.10 Å². The van der Waals surface area contributed by atoms with E-state index in [0.717, 1.165) is 13.0 Å². The Morgan fingerprint density at radius 2 is 2.35 bits per heavy atom. The van der Waals surface area contributed by atoms with Gasteiger partial charge < -0.3 is 5.32 Å². The third-order valence-electron chi connectivity index (χ3n) is 3.48. The molecule has 0 aliphatic rings. The van der Waals surface area contributed by atoms with Crippen LogP contribution < -0.4 is 5.32 Å². The number of nitrogens with one attached hydrogen (secondary N) is 1. The van der Waals surface area contributed by atoms with Crippen molar-refractivity contribution in [2.75, 3.05) is 6.54 Å². The van der Waals surface area contributed by atoms with Crippen LogP contribution in [0.5, 0.6) is 0 Å². The van der Waals surface area contributed by atoms with E-state index in [1.807, 2.05) is 29.3 Å². The zero-order chi connectivity index (χ0) is 14.2. The minimum absolute atomic E-state index is 0.569. The van der Waals surface area contributed by atoms with Crippen molar-refractivity contribution in [2.24, 2.45) is 7.05 Å². The number of hydrogen-bond donors (Lipinski definition) is 1. The molecule has 1 N–H and O–H groups in total. The first-order chi connectivity index (χ1) is 9.78. The average molecular weight is 291 g/mol. The highest BCUT2D eigenvalue weighted by Crippen LogP contribution is 2.14. The fourth-order valence-electron chi connectivity index (χ4n) is 2.46. The van der Waals surface area contributed by atoms with Gasteiger partial charge >= 0.3 is 0 Å². The number of aromatic nitrogens is 2. The molecule has 110 valence electrons. The molecule has 2 rings (SSSR count). The van der Waals surface area contributed by atoms with Gasteiger partial charge in [-0.25, -0.2) is 0 Å². The average Bonchev–Trinajstić information content (AvgIpc) is 3.08. The summed E-state index contributed by atoms with van der Waals surface area (Å²) in [7, 11) is 1.98. The third-order valence-corrected chi connectivity index (χ3v) is 4.42. The number of thiophene rings is 1. The van der Waals surface area contributed by atoms with Crippen molar-refractivity contribution < 1.29 is 0 Å². The van der Waals surface area contributed by atoms with Crippen LogP contribution in [0.3, 0.4) is 0 Å². The molecule has 0 aliphatic heterocycles. The topological polar surface area (TPSA) is 29.9 Å². The van der Waals surface area contributed by atoms with E-state index in [-0.39, 0.29) is 0 Å². The van der Waals surface area contributed by atoms with E-state index in [4.69, 9.17) is 0 Å². The Hall–Kier alpha value is -1.13. The molecule has 0 spiro atoms. The molecule has 0 radical (unpaired) electrons. The second-order valence-corrected chi connectivity index (χ2v) is 6.38. The molecule has 2 aromatic rings. The third kappa shape index (κ3) is 5.10. The minimum Gasteiger partial charge on any atom is -0.314 e. The van der Waals surface area contributed by atoms with E-state index in [9.17, 15) is 0 Å². The van der Waals surface area contributed by atoms with Crippen LogP contribution in [-0.2, 0) is 19.9 Å². The summed E-state index contributed by atoms with van der Waals surface area (Å²) in [6, 6.07) is 4.95. The van der Waals surface area contributed by atoms with Crippen LogP contribution in [0.15, 0.2) is 29.9 Å². The highest BCUT2D eigenvalue weighted by molar-refractivity contribution is 7.09. The molecular weight excluding hydrogens is 266 g/mol. The summed E-state index contributed by atoms with van der Waals surface area (Å²) in [5.41, 5.74) is 1.33. The van der Waals surface area contributed by atoms with Gasteiger partial charge in [-0.1, -0.05) is 13.0 Å². The Balaban J connectivity index is 1.79. The van der Waals surface area contributed by atoms with Crippen molar-refractivity contribution in [1.29, 1.82) is 0 Å². The van der Waals surface area contributed by atoms with Crippen LogP contribution in [0.1, 0.15) is 36.6 Å². The molecule has 0 amide bonds. The van der Waals surface area contributed by atoms with Gasteiger partial charge in [0.05, 0.1) is 6.20 Å². The predicted molar refractivity (Wildman–Crippen MR) is 86.3 cm³/mol. The van der Waals surface area contributed by atoms with Crippen molar-refractivity contribution in [3.8, 4) is 0 Å². The highest BCUT2D eigenvalue weighted by Gasteiger charge is 2.10. The highest BCUT2D eigenvalue weighted by atomic mass is 32.1. The lowest BCUT2D eigenvalue weighted by Crippen LogP contribution is -2.31. The zero-order valence-corrected chi connectivity index (χ0v) is 13.3. The zero-order valence-electron chi connectivity index (χ0n) is 12.5. The summed E-state index contributed by atoms with van der Waals surface area (Å²) in [4.78, 5) is 1.50. The van der Waals surface area contributed by atoms with E-state index in [1.54, 1.807) is 0 Å². The fraction of sp³-hybridized carbons (Fsp3) is 0.562. The molecule has 20 heavy (non-hydrogen) atoms. The van der Waals surface area contributed by atoms with E-state index in [2.05, 4.69) is 41.0 Å². The lowest BCUT2D eigenvalue weighted by molar-refractivity contribution is 0.465. The van der Waals surface area contributed by atoms with Gasteiger partial charge in [-0.15, -0.1) is 11.3 Å². The quantitative estimate of drug-likeness (QED) is 0.767. The second-order valence-electron chi connectivity index (χ2n) is 5.35. The fourth-order valence-corrected chi connectivity index (χ4v) is 3.22. The summed E-state index contributed by atoms with van der Waals surface area (Å²) >= 11 is 1.87. The molecular formula is C16H25N3S. The Kier molecular flexibility index (Phi) is 6.27. The van der Waals surface area contributed by atoms with Crippen molar-refractivity contribution in [2.45, 2.75) is 45.1 Å². The van der Waals surface area contributed by atoms with Crippen LogP contribution in [0.4, 0.5) is 0 Å². The van der Waals surface area contributed by atoms with Gasteiger partial charge in [0.1, 0.15) is 0 Å². The summed E-state index contributed by atoms with van der Waals surface area (Å²) < 4.78 is 1.89. The van der Waals surface area contributed by atoms with Crippen molar-refractivity contribution >= 4 is 11.3 Å². The normalized spacial score (nSPS) is 12.7. The Bertz CT molecular complexity index is 476. The molecule has 0 bridgehead atoms. The first-order valence-electron chi connectivity index (χ1n) is 7.51. The molecule has 4 heteroatoms. The molecule has 2 heterocycles. The minimum atomic E-state index is 0.569. The summed E-state index contributed by atoms with van der Waals surface area (Å²) in [6.45, 7) is 3.32. The van der Waals surface area contributed by atoms with Crippen LogP contribution in [0.25, 0.3) is 0 Å². The first kappa shape index (κ1) is 15.3. The molecule has 3 nitrogen and oxygen atoms in total. The molecule has 0 fully saturated rings. The molecule has 1 atom stereocenters. The Morgan fingerprint density at radius 1 is 1.45 bits per heavy atom. The SMILES string of the molecule is CCCNC(CCCc1cccs1)Cc1cnn(C)c1. The molecule has 0 saturated heterocycles. The Labute approximate surface area is 126 Å².